The molecule has 0 saturated carbocycles. The van der Waals surface area contributed by atoms with Crippen LogP contribution in [0.3, 0.4) is 0 Å². The van der Waals surface area contributed by atoms with E-state index in [0.29, 0.717) is 11.1 Å². The van der Waals surface area contributed by atoms with Gasteiger partial charge in [0.2, 0.25) is 5.76 Å². The summed E-state index contributed by atoms with van der Waals surface area (Å²) in [6, 6.07) is 11.2. The van der Waals surface area contributed by atoms with Gasteiger partial charge in [-0.25, -0.2) is 4.79 Å². The summed E-state index contributed by atoms with van der Waals surface area (Å²) in [6.07, 6.45) is -5.77. The van der Waals surface area contributed by atoms with Gasteiger partial charge in [0, 0.05) is 16.6 Å². The van der Waals surface area contributed by atoms with Gasteiger partial charge in [0.1, 0.15) is 5.58 Å². The summed E-state index contributed by atoms with van der Waals surface area (Å²) < 4.78 is 48.9. The van der Waals surface area contributed by atoms with Gasteiger partial charge in [0.25, 0.3) is 5.91 Å². The lowest BCUT2D eigenvalue weighted by molar-refractivity contribution is -0.137. The van der Waals surface area contributed by atoms with Gasteiger partial charge in [-0.05, 0) is 38.1 Å². The van der Waals surface area contributed by atoms with Gasteiger partial charge in [-0.1, -0.05) is 24.3 Å². The molecule has 0 saturated heterocycles. The van der Waals surface area contributed by atoms with Crippen LogP contribution in [-0.4, -0.2) is 18.0 Å². The third-order valence-electron chi connectivity index (χ3n) is 4.14. The van der Waals surface area contributed by atoms with Crippen LogP contribution in [0, 0.1) is 6.92 Å². The maximum atomic E-state index is 12.8. The van der Waals surface area contributed by atoms with E-state index in [9.17, 15) is 22.8 Å². The highest BCUT2D eigenvalue weighted by Gasteiger charge is 2.31. The molecule has 2 aromatic carbocycles. The van der Waals surface area contributed by atoms with Crippen molar-refractivity contribution in [1.29, 1.82) is 0 Å². The quantitative estimate of drug-likeness (QED) is 0.640. The van der Waals surface area contributed by atoms with E-state index in [1.807, 2.05) is 0 Å². The van der Waals surface area contributed by atoms with Crippen LogP contribution in [0.15, 0.2) is 52.9 Å². The van der Waals surface area contributed by atoms with Crippen LogP contribution in [0.25, 0.3) is 11.0 Å². The first-order valence-corrected chi connectivity index (χ1v) is 8.34. The monoisotopic (exact) mass is 391 g/mol. The fourth-order valence-corrected chi connectivity index (χ4v) is 2.65. The van der Waals surface area contributed by atoms with Gasteiger partial charge in [0.15, 0.2) is 6.10 Å². The number of anilines is 1. The molecular formula is C20H16F3NO4. The first-order valence-electron chi connectivity index (χ1n) is 8.34. The number of halogens is 3. The van der Waals surface area contributed by atoms with E-state index in [1.165, 1.54) is 19.1 Å². The van der Waals surface area contributed by atoms with E-state index in [2.05, 4.69) is 5.32 Å². The van der Waals surface area contributed by atoms with Crippen molar-refractivity contribution in [3.8, 4) is 0 Å². The molecule has 146 valence electrons. The minimum absolute atomic E-state index is 0.0279. The normalized spacial score (nSPS) is 12.6. The summed E-state index contributed by atoms with van der Waals surface area (Å²) in [5.74, 6) is -1.62. The van der Waals surface area contributed by atoms with Crippen LogP contribution in [0.2, 0.25) is 0 Å². The summed E-state index contributed by atoms with van der Waals surface area (Å²) >= 11 is 0. The van der Waals surface area contributed by atoms with Gasteiger partial charge >= 0.3 is 12.1 Å². The van der Waals surface area contributed by atoms with Crippen molar-refractivity contribution in [3.05, 3.63) is 65.4 Å². The van der Waals surface area contributed by atoms with Crippen LogP contribution in [0.4, 0.5) is 18.9 Å². The molecule has 0 aliphatic rings. The summed E-state index contributed by atoms with van der Waals surface area (Å²) in [7, 11) is 0. The number of carbonyl (C=O) groups is 2. The second-order valence-corrected chi connectivity index (χ2v) is 6.17. The predicted octanol–water partition coefficient (Wildman–Crippen LogP) is 4.94. The summed E-state index contributed by atoms with van der Waals surface area (Å²) in [4.78, 5) is 24.5. The SMILES string of the molecule is Cc1c(C(=O)OC(C)C(=O)Nc2cccc(C(F)(F)F)c2)oc2ccccc12. The van der Waals surface area contributed by atoms with Crippen molar-refractivity contribution in [2.45, 2.75) is 26.1 Å². The number of amides is 1. The first-order chi connectivity index (χ1) is 13.2. The van der Waals surface area contributed by atoms with Crippen molar-refractivity contribution in [2.24, 2.45) is 0 Å². The van der Waals surface area contributed by atoms with Crippen molar-refractivity contribution in [1.82, 2.24) is 0 Å². The van der Waals surface area contributed by atoms with Gasteiger partial charge in [-0.2, -0.15) is 13.2 Å². The third-order valence-corrected chi connectivity index (χ3v) is 4.14. The number of para-hydroxylation sites is 1. The molecule has 0 aliphatic heterocycles. The maximum absolute atomic E-state index is 12.8. The molecule has 5 nitrogen and oxygen atoms in total. The van der Waals surface area contributed by atoms with E-state index < -0.39 is 29.7 Å². The lowest BCUT2D eigenvalue weighted by atomic mass is 10.1. The fourth-order valence-electron chi connectivity index (χ4n) is 2.65. The standard InChI is InChI=1S/C20H16F3NO4/c1-11-15-8-3-4-9-16(15)28-17(11)19(26)27-12(2)18(25)24-14-7-5-6-13(10-14)20(21,22)23/h3-10,12H,1-2H3,(H,24,25). The number of esters is 1. The third kappa shape index (κ3) is 4.00. The Balaban J connectivity index is 1.70. The smallest absolute Gasteiger partial charge is 0.416 e. The van der Waals surface area contributed by atoms with Crippen LogP contribution in [-0.2, 0) is 15.7 Å². The van der Waals surface area contributed by atoms with E-state index in [4.69, 9.17) is 9.15 Å². The highest BCUT2D eigenvalue weighted by atomic mass is 19.4. The molecule has 1 amide bonds. The molecule has 1 atom stereocenters. The Morgan fingerprint density at radius 2 is 1.82 bits per heavy atom. The van der Waals surface area contributed by atoms with Crippen LogP contribution in [0.5, 0.6) is 0 Å². The average Bonchev–Trinajstić information content (AvgIpc) is 2.98. The maximum Gasteiger partial charge on any atom is 0.416 e. The lowest BCUT2D eigenvalue weighted by Gasteiger charge is -2.14. The van der Waals surface area contributed by atoms with Gasteiger partial charge in [-0.3, -0.25) is 4.79 Å². The molecule has 0 radical (unpaired) electrons. The molecule has 3 aromatic rings. The minimum Gasteiger partial charge on any atom is -0.449 e. The molecule has 1 unspecified atom stereocenters. The zero-order chi connectivity index (χ0) is 20.5. The Morgan fingerprint density at radius 3 is 2.50 bits per heavy atom. The Hall–Kier alpha value is -3.29. The molecule has 1 N–H and O–H groups in total. The Bertz CT molecular complexity index is 1040. The molecule has 1 heterocycles. The number of alkyl halides is 3. The first kappa shape index (κ1) is 19.5. The largest absolute Gasteiger partial charge is 0.449 e. The number of aryl methyl sites for hydroxylation is 1. The minimum atomic E-state index is -4.53. The highest BCUT2D eigenvalue weighted by Crippen LogP contribution is 2.31. The second-order valence-electron chi connectivity index (χ2n) is 6.17. The van der Waals surface area contributed by atoms with Crippen molar-refractivity contribution < 1.29 is 31.9 Å². The Morgan fingerprint density at radius 1 is 1.11 bits per heavy atom. The van der Waals surface area contributed by atoms with Crippen LogP contribution < -0.4 is 5.32 Å². The average molecular weight is 391 g/mol. The zero-order valence-electron chi connectivity index (χ0n) is 15.0. The molecule has 1 aromatic heterocycles. The number of nitrogens with one attached hydrogen (secondary N) is 1. The van der Waals surface area contributed by atoms with Crippen molar-refractivity contribution in [3.63, 3.8) is 0 Å². The topological polar surface area (TPSA) is 68.5 Å². The Kier molecular flexibility index (Phi) is 5.13. The number of fused-ring (bicyclic) bond motifs is 1. The zero-order valence-corrected chi connectivity index (χ0v) is 15.0. The number of ether oxygens (including phenoxy) is 1. The number of furan rings is 1. The van der Waals surface area contributed by atoms with E-state index in [1.54, 1.807) is 31.2 Å². The second kappa shape index (κ2) is 7.38. The van der Waals surface area contributed by atoms with Crippen molar-refractivity contribution >= 4 is 28.5 Å². The van der Waals surface area contributed by atoms with Gasteiger partial charge in [0.05, 0.1) is 5.56 Å². The number of rotatable bonds is 4. The summed E-state index contributed by atoms with van der Waals surface area (Å²) in [5, 5.41) is 3.05. The van der Waals surface area contributed by atoms with E-state index >= 15 is 0 Å². The predicted molar refractivity (Wildman–Crippen MR) is 95.9 cm³/mol. The summed E-state index contributed by atoms with van der Waals surface area (Å²) in [6.45, 7) is 3.01. The molecule has 3 rings (SSSR count). The van der Waals surface area contributed by atoms with E-state index in [0.717, 1.165) is 17.5 Å². The number of hydrogen-bond acceptors (Lipinski definition) is 4. The van der Waals surface area contributed by atoms with Crippen LogP contribution >= 0.6 is 0 Å². The fraction of sp³-hybridized carbons (Fsp3) is 0.200. The molecule has 28 heavy (non-hydrogen) atoms. The number of benzene rings is 2. The van der Waals surface area contributed by atoms with Crippen LogP contribution in [0.1, 0.15) is 28.6 Å². The van der Waals surface area contributed by atoms with Crippen molar-refractivity contribution in [2.75, 3.05) is 5.32 Å². The highest BCUT2D eigenvalue weighted by molar-refractivity contribution is 5.99. The molecule has 0 aliphatic carbocycles. The molecule has 0 fully saturated rings. The lowest BCUT2D eigenvalue weighted by Crippen LogP contribution is -2.30. The van der Waals surface area contributed by atoms with E-state index in [-0.39, 0.29) is 11.4 Å². The Labute approximate surface area is 158 Å². The van der Waals surface area contributed by atoms with Gasteiger partial charge in [-0.15, -0.1) is 0 Å². The molecule has 8 heteroatoms. The molecule has 0 spiro atoms. The molecule has 0 bridgehead atoms. The summed E-state index contributed by atoms with van der Waals surface area (Å²) in [5.41, 5.74) is 0.134. The number of hydrogen-bond donors (Lipinski definition) is 1. The molecular weight excluding hydrogens is 375 g/mol. The van der Waals surface area contributed by atoms with Gasteiger partial charge < -0.3 is 14.5 Å². The number of carbonyl (C=O) groups excluding carboxylic acids is 2.